The first-order valence-corrected chi connectivity index (χ1v) is 7.32. The van der Waals surface area contributed by atoms with Gasteiger partial charge >= 0.3 is 0 Å². The number of hydrogen-bond donors (Lipinski definition) is 2. The zero-order valence-corrected chi connectivity index (χ0v) is 12.7. The lowest BCUT2D eigenvalue weighted by molar-refractivity contribution is 0.0932. The SMILES string of the molecule is C[C@H](NC(=O)c1ccoc1)c1nc(-c2n[nH]c3ccccc23)no1. The van der Waals surface area contributed by atoms with E-state index in [1.54, 1.807) is 13.0 Å². The van der Waals surface area contributed by atoms with Gasteiger partial charge < -0.3 is 14.3 Å². The molecule has 0 fully saturated rings. The van der Waals surface area contributed by atoms with Gasteiger partial charge in [-0.3, -0.25) is 9.89 Å². The number of H-pyrrole nitrogens is 1. The van der Waals surface area contributed by atoms with E-state index in [0.717, 1.165) is 10.9 Å². The first-order chi connectivity index (χ1) is 11.7. The van der Waals surface area contributed by atoms with Crippen molar-refractivity contribution in [3.8, 4) is 11.5 Å². The molecule has 0 saturated heterocycles. The minimum absolute atomic E-state index is 0.277. The van der Waals surface area contributed by atoms with Crippen molar-refractivity contribution in [3.63, 3.8) is 0 Å². The zero-order chi connectivity index (χ0) is 16.5. The quantitative estimate of drug-likeness (QED) is 0.597. The van der Waals surface area contributed by atoms with E-state index in [1.165, 1.54) is 12.5 Å². The van der Waals surface area contributed by atoms with E-state index in [2.05, 4.69) is 25.7 Å². The molecule has 3 heterocycles. The van der Waals surface area contributed by atoms with Crippen molar-refractivity contribution in [3.05, 3.63) is 54.3 Å². The molecule has 0 spiro atoms. The minimum atomic E-state index is -0.446. The average molecular weight is 323 g/mol. The van der Waals surface area contributed by atoms with E-state index in [4.69, 9.17) is 8.94 Å². The summed E-state index contributed by atoms with van der Waals surface area (Å²) < 4.78 is 10.2. The summed E-state index contributed by atoms with van der Waals surface area (Å²) in [5.41, 5.74) is 1.93. The fourth-order valence-electron chi connectivity index (χ4n) is 2.38. The fourth-order valence-corrected chi connectivity index (χ4v) is 2.38. The Morgan fingerprint density at radius 1 is 1.29 bits per heavy atom. The maximum atomic E-state index is 12.0. The summed E-state index contributed by atoms with van der Waals surface area (Å²) >= 11 is 0. The van der Waals surface area contributed by atoms with Crippen molar-refractivity contribution in [2.75, 3.05) is 0 Å². The number of hydrogen-bond acceptors (Lipinski definition) is 6. The molecule has 8 nitrogen and oxygen atoms in total. The molecule has 120 valence electrons. The Kier molecular flexibility index (Phi) is 3.34. The monoisotopic (exact) mass is 323 g/mol. The number of nitrogens with one attached hydrogen (secondary N) is 2. The van der Waals surface area contributed by atoms with Gasteiger partial charge in [-0.1, -0.05) is 23.4 Å². The number of benzene rings is 1. The normalized spacial score (nSPS) is 12.4. The Morgan fingerprint density at radius 2 is 2.17 bits per heavy atom. The van der Waals surface area contributed by atoms with Crippen LogP contribution in [0.1, 0.15) is 29.2 Å². The number of furan rings is 1. The van der Waals surface area contributed by atoms with Crippen LogP contribution < -0.4 is 5.32 Å². The van der Waals surface area contributed by atoms with Crippen LogP contribution >= 0.6 is 0 Å². The molecule has 1 atom stereocenters. The van der Waals surface area contributed by atoms with Gasteiger partial charge in [-0.25, -0.2) is 0 Å². The first kappa shape index (κ1) is 14.2. The second kappa shape index (κ2) is 5.65. The minimum Gasteiger partial charge on any atom is -0.472 e. The molecule has 4 aromatic rings. The Labute approximate surface area is 135 Å². The van der Waals surface area contributed by atoms with Gasteiger partial charge in [-0.2, -0.15) is 10.1 Å². The number of aromatic nitrogens is 4. The van der Waals surface area contributed by atoms with E-state index >= 15 is 0 Å². The van der Waals surface area contributed by atoms with E-state index in [-0.39, 0.29) is 5.91 Å². The number of carbonyl (C=O) groups is 1. The zero-order valence-electron chi connectivity index (χ0n) is 12.7. The number of para-hydroxylation sites is 1. The highest BCUT2D eigenvalue weighted by molar-refractivity contribution is 5.94. The van der Waals surface area contributed by atoms with Gasteiger partial charge in [0.1, 0.15) is 18.0 Å². The van der Waals surface area contributed by atoms with Crippen LogP contribution in [0.5, 0.6) is 0 Å². The summed E-state index contributed by atoms with van der Waals surface area (Å²) in [6, 6.07) is 8.81. The molecular weight excluding hydrogens is 310 g/mol. The van der Waals surface area contributed by atoms with Crippen molar-refractivity contribution in [2.45, 2.75) is 13.0 Å². The first-order valence-electron chi connectivity index (χ1n) is 7.32. The predicted molar refractivity (Wildman–Crippen MR) is 84.0 cm³/mol. The highest BCUT2D eigenvalue weighted by Crippen LogP contribution is 2.24. The summed E-state index contributed by atoms with van der Waals surface area (Å²) in [5.74, 6) is 0.391. The summed E-state index contributed by atoms with van der Waals surface area (Å²) in [4.78, 5) is 16.4. The highest BCUT2D eigenvalue weighted by Gasteiger charge is 2.20. The van der Waals surface area contributed by atoms with E-state index in [1.807, 2.05) is 24.3 Å². The Morgan fingerprint density at radius 3 is 3.00 bits per heavy atom. The van der Waals surface area contributed by atoms with Crippen molar-refractivity contribution in [1.82, 2.24) is 25.7 Å². The lowest BCUT2D eigenvalue weighted by Gasteiger charge is -2.07. The Hall–Kier alpha value is -3.42. The molecule has 1 aromatic carbocycles. The largest absolute Gasteiger partial charge is 0.472 e. The summed E-state index contributed by atoms with van der Waals surface area (Å²) in [5, 5.41) is 14.8. The number of rotatable bonds is 4. The molecule has 0 aliphatic heterocycles. The third-order valence-electron chi connectivity index (χ3n) is 3.63. The summed E-state index contributed by atoms with van der Waals surface area (Å²) in [7, 11) is 0. The second-order valence-corrected chi connectivity index (χ2v) is 5.28. The standard InChI is InChI=1S/C16H13N5O3/c1-9(17-15(22)10-6-7-23-8-10)16-18-14(21-24-16)13-11-4-2-3-5-12(11)19-20-13/h2-9H,1H3,(H,17,22)(H,19,20)/t9-/m0/s1. The molecule has 8 heteroatoms. The van der Waals surface area contributed by atoms with Crippen molar-refractivity contribution in [1.29, 1.82) is 0 Å². The van der Waals surface area contributed by atoms with Gasteiger partial charge in [0, 0.05) is 5.39 Å². The van der Waals surface area contributed by atoms with E-state index in [9.17, 15) is 4.79 Å². The molecule has 0 aliphatic rings. The number of aromatic amines is 1. The van der Waals surface area contributed by atoms with E-state index in [0.29, 0.717) is 23.0 Å². The average Bonchev–Trinajstić information content (AvgIpc) is 3.33. The Bertz CT molecular complexity index is 986. The van der Waals surface area contributed by atoms with Gasteiger partial charge in [0.15, 0.2) is 0 Å². The smallest absolute Gasteiger partial charge is 0.255 e. The van der Waals surface area contributed by atoms with E-state index < -0.39 is 6.04 Å². The molecule has 1 amide bonds. The third kappa shape index (κ3) is 2.43. The number of carbonyl (C=O) groups excluding carboxylic acids is 1. The maximum absolute atomic E-state index is 12.0. The molecule has 3 aromatic heterocycles. The van der Waals surface area contributed by atoms with Crippen LogP contribution in [0, 0.1) is 0 Å². The molecule has 0 saturated carbocycles. The van der Waals surface area contributed by atoms with Gasteiger partial charge in [-0.15, -0.1) is 0 Å². The van der Waals surface area contributed by atoms with Crippen molar-refractivity contribution >= 4 is 16.8 Å². The van der Waals surface area contributed by atoms with Crippen LogP contribution in [-0.4, -0.2) is 26.2 Å². The van der Waals surface area contributed by atoms with Gasteiger partial charge in [0.2, 0.25) is 11.7 Å². The van der Waals surface area contributed by atoms with Crippen LogP contribution in [0.3, 0.4) is 0 Å². The molecule has 0 bridgehead atoms. The van der Waals surface area contributed by atoms with Crippen LogP contribution in [0.4, 0.5) is 0 Å². The molecular formula is C16H13N5O3. The van der Waals surface area contributed by atoms with Crippen LogP contribution in [0.2, 0.25) is 0 Å². The van der Waals surface area contributed by atoms with Crippen molar-refractivity contribution in [2.24, 2.45) is 0 Å². The lowest BCUT2D eigenvalue weighted by Crippen LogP contribution is -2.26. The topological polar surface area (TPSA) is 110 Å². The number of amides is 1. The lowest BCUT2D eigenvalue weighted by atomic mass is 10.2. The van der Waals surface area contributed by atoms with Crippen LogP contribution in [-0.2, 0) is 0 Å². The Balaban J connectivity index is 1.57. The van der Waals surface area contributed by atoms with Crippen molar-refractivity contribution < 1.29 is 13.7 Å². The summed E-state index contributed by atoms with van der Waals surface area (Å²) in [6.07, 6.45) is 2.81. The number of nitrogens with zero attached hydrogens (tertiary/aromatic N) is 3. The number of fused-ring (bicyclic) bond motifs is 1. The maximum Gasteiger partial charge on any atom is 0.255 e. The predicted octanol–water partition coefficient (Wildman–Crippen LogP) is 2.70. The molecule has 0 unspecified atom stereocenters. The van der Waals surface area contributed by atoms with Gasteiger partial charge in [0.05, 0.1) is 17.3 Å². The third-order valence-corrected chi connectivity index (χ3v) is 3.63. The molecule has 4 rings (SSSR count). The highest BCUT2D eigenvalue weighted by atomic mass is 16.5. The van der Waals surface area contributed by atoms with Crippen LogP contribution in [0.15, 0.2) is 51.8 Å². The molecule has 0 aliphatic carbocycles. The molecule has 0 radical (unpaired) electrons. The fraction of sp³-hybridized carbons (Fsp3) is 0.125. The molecule has 2 N–H and O–H groups in total. The van der Waals surface area contributed by atoms with Gasteiger partial charge in [0.25, 0.3) is 5.91 Å². The summed E-state index contributed by atoms with van der Waals surface area (Å²) in [6.45, 7) is 1.76. The molecule has 24 heavy (non-hydrogen) atoms. The van der Waals surface area contributed by atoms with Gasteiger partial charge in [-0.05, 0) is 19.1 Å². The second-order valence-electron chi connectivity index (χ2n) is 5.28. The van der Waals surface area contributed by atoms with Crippen LogP contribution in [0.25, 0.3) is 22.4 Å².